The fraction of sp³-hybridized carbons (Fsp3) is 0.500. The second kappa shape index (κ2) is 10.1. The van der Waals surface area contributed by atoms with Crippen molar-refractivity contribution in [2.75, 3.05) is 51.9 Å². The Bertz CT molecular complexity index is 804. The number of amides is 2. The number of morpholine rings is 1. The zero-order chi connectivity index (χ0) is 20.6. The molecule has 1 fully saturated rings. The molecular weight excluding hydrogens is 376 g/mol. The van der Waals surface area contributed by atoms with E-state index in [1.165, 1.54) is 0 Å². The molecule has 0 spiro atoms. The average Bonchev–Trinajstić information content (AvgIpc) is 3.14. The summed E-state index contributed by atoms with van der Waals surface area (Å²) >= 11 is 0. The molecule has 2 N–H and O–H groups in total. The van der Waals surface area contributed by atoms with Crippen molar-refractivity contribution in [2.24, 2.45) is 0 Å². The van der Waals surface area contributed by atoms with Crippen LogP contribution in [0, 0.1) is 6.92 Å². The number of hydrogen-bond donors (Lipinski definition) is 2. The zero-order valence-corrected chi connectivity index (χ0v) is 17.1. The number of carbonyl (C=O) groups excluding carboxylic acids is 1. The molecule has 9 heteroatoms. The lowest BCUT2D eigenvalue weighted by molar-refractivity contribution is 0.0167. The molecule has 29 heavy (non-hydrogen) atoms. The quantitative estimate of drug-likeness (QED) is 0.698. The van der Waals surface area contributed by atoms with Gasteiger partial charge in [-0.25, -0.2) is 4.79 Å². The molecule has 0 aliphatic carbocycles. The lowest BCUT2D eigenvalue weighted by Gasteiger charge is -2.35. The lowest BCUT2D eigenvalue weighted by Crippen LogP contribution is -2.44. The Labute approximate surface area is 170 Å². The van der Waals surface area contributed by atoms with E-state index in [-0.39, 0.29) is 12.1 Å². The summed E-state index contributed by atoms with van der Waals surface area (Å²) in [7, 11) is 1.62. The van der Waals surface area contributed by atoms with Crippen LogP contribution in [0.5, 0.6) is 11.5 Å². The molecule has 0 bridgehead atoms. The molecule has 2 aromatic rings. The number of anilines is 1. The third kappa shape index (κ3) is 5.61. The SMILES string of the molecule is CCOc1ccc(C(CNC(=O)Nc2cc(C)on2)N2CCOCC2)cc1OC. The van der Waals surface area contributed by atoms with E-state index in [1.54, 1.807) is 20.1 Å². The Hall–Kier alpha value is -2.78. The number of hydrogen-bond acceptors (Lipinski definition) is 7. The predicted octanol–water partition coefficient (Wildman–Crippen LogP) is 2.59. The van der Waals surface area contributed by atoms with Gasteiger partial charge in [0.05, 0.1) is 33.0 Å². The monoisotopic (exact) mass is 404 g/mol. The smallest absolute Gasteiger partial charge is 0.320 e. The van der Waals surface area contributed by atoms with Crippen LogP contribution in [0.1, 0.15) is 24.3 Å². The van der Waals surface area contributed by atoms with Crippen LogP contribution in [-0.2, 0) is 4.74 Å². The van der Waals surface area contributed by atoms with E-state index in [0.29, 0.717) is 49.4 Å². The van der Waals surface area contributed by atoms with E-state index in [2.05, 4.69) is 20.7 Å². The van der Waals surface area contributed by atoms with Gasteiger partial charge >= 0.3 is 6.03 Å². The maximum Gasteiger partial charge on any atom is 0.320 e. The highest BCUT2D eigenvalue weighted by atomic mass is 16.5. The number of nitrogens with zero attached hydrogens (tertiary/aromatic N) is 2. The molecule has 1 aromatic heterocycles. The Kier molecular flexibility index (Phi) is 7.31. The van der Waals surface area contributed by atoms with Crippen molar-refractivity contribution in [1.29, 1.82) is 0 Å². The maximum absolute atomic E-state index is 12.3. The molecule has 2 heterocycles. The summed E-state index contributed by atoms with van der Waals surface area (Å²) in [6.07, 6.45) is 0. The van der Waals surface area contributed by atoms with Crippen molar-refractivity contribution in [3.8, 4) is 11.5 Å². The number of carbonyl (C=O) groups is 1. The van der Waals surface area contributed by atoms with Gasteiger partial charge in [0, 0.05) is 25.7 Å². The van der Waals surface area contributed by atoms with Crippen molar-refractivity contribution in [1.82, 2.24) is 15.4 Å². The second-order valence-electron chi connectivity index (χ2n) is 6.67. The van der Waals surface area contributed by atoms with E-state index < -0.39 is 0 Å². The van der Waals surface area contributed by atoms with E-state index >= 15 is 0 Å². The van der Waals surface area contributed by atoms with Crippen LogP contribution < -0.4 is 20.1 Å². The summed E-state index contributed by atoms with van der Waals surface area (Å²) in [6.45, 7) is 7.57. The van der Waals surface area contributed by atoms with Crippen molar-refractivity contribution in [2.45, 2.75) is 19.9 Å². The summed E-state index contributed by atoms with van der Waals surface area (Å²) in [5.41, 5.74) is 1.03. The summed E-state index contributed by atoms with van der Waals surface area (Å²) in [4.78, 5) is 14.6. The number of aryl methyl sites for hydroxylation is 1. The first kappa shape index (κ1) is 20.9. The molecule has 1 aliphatic heterocycles. The summed E-state index contributed by atoms with van der Waals surface area (Å²) < 4.78 is 21.6. The largest absolute Gasteiger partial charge is 0.493 e. The third-order valence-corrected chi connectivity index (χ3v) is 4.68. The molecule has 158 valence electrons. The van der Waals surface area contributed by atoms with Crippen LogP contribution in [0.2, 0.25) is 0 Å². The van der Waals surface area contributed by atoms with Gasteiger partial charge in [-0.3, -0.25) is 10.2 Å². The number of benzene rings is 1. The van der Waals surface area contributed by atoms with Gasteiger partial charge in [0.25, 0.3) is 0 Å². The molecular formula is C20H28N4O5. The number of ether oxygens (including phenoxy) is 3. The lowest BCUT2D eigenvalue weighted by atomic mass is 10.0. The Balaban J connectivity index is 1.73. The number of rotatable bonds is 8. The maximum atomic E-state index is 12.3. The zero-order valence-electron chi connectivity index (χ0n) is 17.1. The fourth-order valence-corrected chi connectivity index (χ4v) is 3.29. The van der Waals surface area contributed by atoms with E-state index in [1.807, 2.05) is 25.1 Å². The molecule has 0 saturated carbocycles. The first-order valence-corrected chi connectivity index (χ1v) is 9.71. The van der Waals surface area contributed by atoms with Gasteiger partial charge in [0.1, 0.15) is 5.76 Å². The highest BCUT2D eigenvalue weighted by molar-refractivity contribution is 5.88. The van der Waals surface area contributed by atoms with Gasteiger partial charge < -0.3 is 24.1 Å². The average molecular weight is 404 g/mol. The third-order valence-electron chi connectivity index (χ3n) is 4.68. The van der Waals surface area contributed by atoms with E-state index in [4.69, 9.17) is 18.7 Å². The molecule has 1 aliphatic rings. The van der Waals surface area contributed by atoms with Crippen molar-refractivity contribution in [3.63, 3.8) is 0 Å². The van der Waals surface area contributed by atoms with Gasteiger partial charge in [-0.15, -0.1) is 0 Å². The Morgan fingerprint density at radius 2 is 2.07 bits per heavy atom. The van der Waals surface area contributed by atoms with Crippen molar-refractivity contribution >= 4 is 11.8 Å². The van der Waals surface area contributed by atoms with Gasteiger partial charge in [-0.2, -0.15) is 0 Å². The molecule has 2 amide bonds. The minimum Gasteiger partial charge on any atom is -0.493 e. The standard InChI is InChI=1S/C20H28N4O5/c1-4-28-17-6-5-15(12-18(17)26-3)16(24-7-9-27-10-8-24)13-21-20(25)22-19-11-14(2)29-23-19/h5-6,11-12,16H,4,7-10,13H2,1-3H3,(H2,21,22,23,25). The molecule has 9 nitrogen and oxygen atoms in total. The summed E-state index contributed by atoms with van der Waals surface area (Å²) in [6, 6.07) is 7.17. The molecule has 1 aromatic carbocycles. The van der Waals surface area contributed by atoms with E-state index in [0.717, 1.165) is 18.7 Å². The minimum atomic E-state index is -0.338. The number of urea groups is 1. The number of methoxy groups -OCH3 is 1. The van der Waals surface area contributed by atoms with Crippen molar-refractivity contribution in [3.05, 3.63) is 35.6 Å². The Morgan fingerprint density at radius 3 is 2.72 bits per heavy atom. The van der Waals surface area contributed by atoms with Gasteiger partial charge in [0.15, 0.2) is 17.3 Å². The second-order valence-corrected chi connectivity index (χ2v) is 6.67. The normalized spacial score (nSPS) is 15.6. The first-order chi connectivity index (χ1) is 14.1. The topological polar surface area (TPSA) is 98.1 Å². The van der Waals surface area contributed by atoms with Crippen LogP contribution in [0.25, 0.3) is 0 Å². The minimum absolute atomic E-state index is 0.0340. The molecule has 1 atom stereocenters. The van der Waals surface area contributed by atoms with Crippen LogP contribution >= 0.6 is 0 Å². The fourth-order valence-electron chi connectivity index (χ4n) is 3.29. The van der Waals surface area contributed by atoms with E-state index in [9.17, 15) is 4.79 Å². The number of aromatic nitrogens is 1. The Morgan fingerprint density at radius 1 is 1.28 bits per heavy atom. The predicted molar refractivity (Wildman–Crippen MR) is 108 cm³/mol. The summed E-state index contributed by atoms with van der Waals surface area (Å²) in [5, 5.41) is 9.38. The van der Waals surface area contributed by atoms with Gasteiger partial charge in [0.2, 0.25) is 0 Å². The highest BCUT2D eigenvalue weighted by Crippen LogP contribution is 2.32. The van der Waals surface area contributed by atoms with Crippen LogP contribution in [-0.4, -0.2) is 62.7 Å². The molecule has 1 unspecified atom stereocenters. The van der Waals surface area contributed by atoms with Gasteiger partial charge in [-0.05, 0) is 31.5 Å². The van der Waals surface area contributed by atoms with Crippen LogP contribution in [0.15, 0.2) is 28.8 Å². The molecule has 3 rings (SSSR count). The highest BCUT2D eigenvalue weighted by Gasteiger charge is 2.24. The molecule has 1 saturated heterocycles. The summed E-state index contributed by atoms with van der Waals surface area (Å²) in [5.74, 6) is 2.38. The molecule has 0 radical (unpaired) electrons. The van der Waals surface area contributed by atoms with Crippen LogP contribution in [0.4, 0.5) is 10.6 Å². The first-order valence-electron chi connectivity index (χ1n) is 9.71. The van der Waals surface area contributed by atoms with Crippen LogP contribution in [0.3, 0.4) is 0 Å². The van der Waals surface area contributed by atoms with Gasteiger partial charge in [-0.1, -0.05) is 11.2 Å². The number of nitrogens with one attached hydrogen (secondary N) is 2. The van der Waals surface area contributed by atoms with Crippen molar-refractivity contribution < 1.29 is 23.5 Å².